The van der Waals surface area contributed by atoms with Crippen molar-refractivity contribution in [2.45, 2.75) is 26.5 Å². The van der Waals surface area contributed by atoms with Crippen molar-refractivity contribution in [3.63, 3.8) is 0 Å². The van der Waals surface area contributed by atoms with Crippen molar-refractivity contribution >= 4 is 29.1 Å². The Labute approximate surface area is 248 Å². The lowest BCUT2D eigenvalue weighted by molar-refractivity contribution is -0.139. The molecule has 0 fully saturated rings. The van der Waals surface area contributed by atoms with Crippen LogP contribution in [0.4, 0.5) is 5.69 Å². The minimum absolute atomic E-state index is 0.221. The Kier molecular flexibility index (Phi) is 8.59. The number of rotatable bonds is 9. The van der Waals surface area contributed by atoms with Crippen LogP contribution in [0.2, 0.25) is 0 Å². The first kappa shape index (κ1) is 28.9. The van der Waals surface area contributed by atoms with Crippen LogP contribution in [0.1, 0.15) is 36.6 Å². The number of nitrogens with zero attached hydrogens (tertiary/aromatic N) is 3. The molecule has 1 atom stereocenters. The minimum Gasteiger partial charge on any atom is -0.493 e. The van der Waals surface area contributed by atoms with E-state index in [0.717, 1.165) is 22.4 Å². The van der Waals surface area contributed by atoms with Gasteiger partial charge >= 0.3 is 5.97 Å². The largest absolute Gasteiger partial charge is 0.493 e. The number of hydrogen-bond donors (Lipinski definition) is 0. The fourth-order valence-electron chi connectivity index (χ4n) is 4.84. The lowest BCUT2D eigenvalue weighted by Crippen LogP contribution is -2.39. The number of carbonyl (C=O) groups excluding carboxylic acids is 1. The zero-order chi connectivity index (χ0) is 29.8. The van der Waals surface area contributed by atoms with Crippen molar-refractivity contribution in [1.29, 1.82) is 0 Å². The minimum atomic E-state index is -0.665. The lowest BCUT2D eigenvalue weighted by Gasteiger charge is -2.25. The number of methoxy groups -OCH3 is 1. The van der Waals surface area contributed by atoms with Crippen LogP contribution in [0.5, 0.6) is 11.5 Å². The first-order chi connectivity index (χ1) is 20.3. The van der Waals surface area contributed by atoms with Gasteiger partial charge in [-0.05, 0) is 60.9 Å². The van der Waals surface area contributed by atoms with Crippen molar-refractivity contribution in [3.05, 3.63) is 120 Å². The molecule has 8 nitrogen and oxygen atoms in total. The summed E-state index contributed by atoms with van der Waals surface area (Å²) >= 11 is 1.28. The zero-order valence-electron chi connectivity index (χ0n) is 24.3. The van der Waals surface area contributed by atoms with Gasteiger partial charge in [-0.3, -0.25) is 9.36 Å². The zero-order valence-corrected chi connectivity index (χ0v) is 25.1. The topological polar surface area (TPSA) is 82.4 Å². The summed E-state index contributed by atoms with van der Waals surface area (Å²) in [7, 11) is 5.51. The van der Waals surface area contributed by atoms with Crippen LogP contribution in [-0.4, -0.2) is 38.3 Å². The molecular weight excluding hydrogens is 550 g/mol. The van der Waals surface area contributed by atoms with Gasteiger partial charge in [0.05, 0.1) is 35.6 Å². The number of allylic oxidation sites excluding steroid dienone is 1. The van der Waals surface area contributed by atoms with E-state index in [1.54, 1.807) is 25.5 Å². The molecule has 216 valence electrons. The Morgan fingerprint density at radius 1 is 1.05 bits per heavy atom. The van der Waals surface area contributed by atoms with Crippen molar-refractivity contribution in [2.75, 3.05) is 32.7 Å². The number of hydrogen-bond acceptors (Lipinski definition) is 8. The monoisotopic (exact) mass is 583 g/mol. The van der Waals surface area contributed by atoms with Crippen LogP contribution in [0, 0.1) is 0 Å². The van der Waals surface area contributed by atoms with Gasteiger partial charge in [0.25, 0.3) is 5.56 Å². The smallest absolute Gasteiger partial charge is 0.338 e. The second-order valence-electron chi connectivity index (χ2n) is 9.97. The predicted octanol–water partition coefficient (Wildman–Crippen LogP) is 4.45. The summed E-state index contributed by atoms with van der Waals surface area (Å²) in [5.74, 6) is 0.688. The van der Waals surface area contributed by atoms with Gasteiger partial charge in [0, 0.05) is 19.8 Å². The van der Waals surface area contributed by atoms with E-state index >= 15 is 0 Å². The number of benzene rings is 3. The van der Waals surface area contributed by atoms with Gasteiger partial charge in [0.1, 0.15) is 6.61 Å². The highest BCUT2D eigenvalue weighted by Crippen LogP contribution is 2.32. The summed E-state index contributed by atoms with van der Waals surface area (Å²) < 4.78 is 19.1. The van der Waals surface area contributed by atoms with Crippen LogP contribution in [0.25, 0.3) is 6.08 Å². The van der Waals surface area contributed by atoms with Crippen LogP contribution in [-0.2, 0) is 16.1 Å². The second-order valence-corrected chi connectivity index (χ2v) is 11.0. The third-order valence-electron chi connectivity index (χ3n) is 6.96. The third kappa shape index (κ3) is 5.87. The molecule has 42 heavy (non-hydrogen) atoms. The molecule has 0 spiro atoms. The SMILES string of the molecule is CCOC(=O)C1=C(C)N=c2s/c(=C\c3ccc(OCc4ccccc4)c(OC)c3)c(=O)n2[C@H]1c1ccc(N(C)C)cc1. The number of esters is 1. The van der Waals surface area contributed by atoms with E-state index in [-0.39, 0.29) is 12.2 Å². The van der Waals surface area contributed by atoms with Crippen LogP contribution in [0.3, 0.4) is 0 Å². The molecule has 0 saturated heterocycles. The highest BCUT2D eigenvalue weighted by atomic mass is 32.1. The summed E-state index contributed by atoms with van der Waals surface area (Å²) in [4.78, 5) is 34.3. The fraction of sp³-hybridized carbons (Fsp3) is 0.242. The highest BCUT2D eigenvalue weighted by molar-refractivity contribution is 7.07. The van der Waals surface area contributed by atoms with Gasteiger partial charge in [0.15, 0.2) is 16.3 Å². The fourth-order valence-corrected chi connectivity index (χ4v) is 5.89. The van der Waals surface area contributed by atoms with E-state index in [2.05, 4.69) is 4.99 Å². The molecule has 0 bridgehead atoms. The maximum absolute atomic E-state index is 13.9. The summed E-state index contributed by atoms with van der Waals surface area (Å²) in [6.45, 7) is 4.17. The van der Waals surface area contributed by atoms with Gasteiger partial charge < -0.3 is 19.1 Å². The Hall–Kier alpha value is -4.63. The summed E-state index contributed by atoms with van der Waals surface area (Å²) in [6.07, 6.45) is 1.81. The summed E-state index contributed by atoms with van der Waals surface area (Å²) in [5, 5.41) is 0. The maximum Gasteiger partial charge on any atom is 0.338 e. The van der Waals surface area contributed by atoms with E-state index in [4.69, 9.17) is 14.2 Å². The second kappa shape index (κ2) is 12.5. The van der Waals surface area contributed by atoms with Gasteiger partial charge in [-0.15, -0.1) is 0 Å². The number of carbonyl (C=O) groups is 1. The molecule has 3 aromatic carbocycles. The first-order valence-corrected chi connectivity index (χ1v) is 14.4. The summed E-state index contributed by atoms with van der Waals surface area (Å²) in [5.41, 5.74) is 4.28. The van der Waals surface area contributed by atoms with Crippen molar-refractivity contribution in [1.82, 2.24) is 4.57 Å². The molecule has 0 amide bonds. The highest BCUT2D eigenvalue weighted by Gasteiger charge is 2.33. The molecule has 0 aliphatic carbocycles. The van der Waals surface area contributed by atoms with E-state index in [9.17, 15) is 9.59 Å². The molecule has 2 heterocycles. The predicted molar refractivity (Wildman–Crippen MR) is 165 cm³/mol. The van der Waals surface area contributed by atoms with Gasteiger partial charge in [0.2, 0.25) is 0 Å². The number of ether oxygens (including phenoxy) is 3. The summed E-state index contributed by atoms with van der Waals surface area (Å²) in [6, 6.07) is 22.6. The number of anilines is 1. The molecule has 5 rings (SSSR count). The average Bonchev–Trinajstić information content (AvgIpc) is 3.30. The quantitative estimate of drug-likeness (QED) is 0.271. The maximum atomic E-state index is 13.9. The normalized spacial score (nSPS) is 14.7. The van der Waals surface area contributed by atoms with Gasteiger partial charge in [-0.25, -0.2) is 9.79 Å². The molecule has 0 radical (unpaired) electrons. The van der Waals surface area contributed by atoms with E-state index in [0.29, 0.717) is 38.7 Å². The Balaban J connectivity index is 1.55. The number of fused-ring (bicyclic) bond motifs is 1. The standard InChI is InChI=1S/C33H33N3O5S/c1-6-40-32(38)29-21(2)34-33-36(30(29)24-13-15-25(16-14-24)35(3)4)31(37)28(42-33)19-23-12-17-26(27(18-23)39-5)41-20-22-10-8-7-9-11-22/h7-19,30H,6,20H2,1-5H3/b28-19-/t30-/m0/s1. The molecule has 1 aromatic heterocycles. The van der Waals surface area contributed by atoms with Crippen LogP contribution in [0.15, 0.2) is 93.9 Å². The van der Waals surface area contributed by atoms with E-state index in [1.807, 2.05) is 97.9 Å². The molecule has 1 aliphatic heterocycles. The molecule has 9 heteroatoms. The lowest BCUT2D eigenvalue weighted by atomic mass is 9.95. The molecule has 4 aromatic rings. The van der Waals surface area contributed by atoms with Gasteiger partial charge in [-0.1, -0.05) is 59.9 Å². The van der Waals surface area contributed by atoms with Gasteiger partial charge in [-0.2, -0.15) is 0 Å². The average molecular weight is 584 g/mol. The Bertz CT molecular complexity index is 1810. The van der Waals surface area contributed by atoms with Crippen LogP contribution < -0.4 is 29.3 Å². The number of thiazole rings is 1. The van der Waals surface area contributed by atoms with Crippen LogP contribution >= 0.6 is 11.3 Å². The molecular formula is C33H33N3O5S. The Morgan fingerprint density at radius 3 is 2.45 bits per heavy atom. The van der Waals surface area contributed by atoms with Crippen molar-refractivity contribution < 1.29 is 19.0 Å². The molecule has 0 unspecified atom stereocenters. The third-order valence-corrected chi connectivity index (χ3v) is 7.95. The van der Waals surface area contributed by atoms with Crippen molar-refractivity contribution in [3.8, 4) is 11.5 Å². The molecule has 1 aliphatic rings. The van der Waals surface area contributed by atoms with Crippen molar-refractivity contribution in [2.24, 2.45) is 4.99 Å². The molecule has 0 N–H and O–H groups in total. The van der Waals surface area contributed by atoms with E-state index < -0.39 is 12.0 Å². The van der Waals surface area contributed by atoms with E-state index in [1.165, 1.54) is 11.3 Å². The first-order valence-electron chi connectivity index (χ1n) is 13.6. The Morgan fingerprint density at radius 2 is 1.79 bits per heavy atom. The molecule has 0 saturated carbocycles. The number of aromatic nitrogens is 1.